The first kappa shape index (κ1) is 37.2. The molecular formula is C41H45ClN8O4S. The van der Waals surface area contributed by atoms with Gasteiger partial charge in [0.1, 0.15) is 22.9 Å². The molecule has 8 rings (SSSR count). The zero-order valence-electron chi connectivity index (χ0n) is 31.4. The Balaban J connectivity index is 0.826. The van der Waals surface area contributed by atoms with E-state index >= 15 is 0 Å². The number of thiophene rings is 1. The molecule has 55 heavy (non-hydrogen) atoms. The number of aryl methyl sites for hydroxylation is 2. The van der Waals surface area contributed by atoms with Crippen molar-refractivity contribution in [1.82, 2.24) is 35.2 Å². The van der Waals surface area contributed by atoms with E-state index in [2.05, 4.69) is 56.3 Å². The molecule has 6 heterocycles. The molecule has 14 heteroatoms. The fraction of sp³-hybridized carbons (Fsp3) is 0.439. The van der Waals surface area contributed by atoms with Gasteiger partial charge in [-0.1, -0.05) is 35.9 Å². The van der Waals surface area contributed by atoms with Crippen LogP contribution in [0.15, 0.2) is 47.5 Å². The number of aromatic nitrogens is 3. The summed E-state index contributed by atoms with van der Waals surface area (Å²) in [7, 11) is 0. The third-order valence-electron chi connectivity index (χ3n) is 11.6. The number of imide groups is 1. The van der Waals surface area contributed by atoms with E-state index in [0.717, 1.165) is 84.1 Å². The van der Waals surface area contributed by atoms with E-state index in [9.17, 15) is 19.2 Å². The summed E-state index contributed by atoms with van der Waals surface area (Å²) in [6.07, 6.45) is 4.72. The highest BCUT2D eigenvalue weighted by atomic mass is 35.5. The Morgan fingerprint density at radius 2 is 1.78 bits per heavy atom. The van der Waals surface area contributed by atoms with Crippen LogP contribution in [0.25, 0.3) is 5.00 Å². The van der Waals surface area contributed by atoms with Gasteiger partial charge in [0.2, 0.25) is 17.7 Å². The molecule has 0 saturated carbocycles. The molecule has 286 valence electrons. The first-order valence-electron chi connectivity index (χ1n) is 19.2. The van der Waals surface area contributed by atoms with Gasteiger partial charge < -0.3 is 15.1 Å². The molecule has 2 aromatic heterocycles. The van der Waals surface area contributed by atoms with E-state index in [-0.39, 0.29) is 36.5 Å². The van der Waals surface area contributed by atoms with Crippen LogP contribution in [-0.2, 0) is 20.9 Å². The van der Waals surface area contributed by atoms with Gasteiger partial charge >= 0.3 is 0 Å². The number of carbonyl (C=O) groups is 4. The molecule has 12 nitrogen and oxygen atoms in total. The van der Waals surface area contributed by atoms with Crippen LogP contribution in [0.2, 0.25) is 5.02 Å². The number of benzene rings is 2. The zero-order chi connectivity index (χ0) is 38.4. The summed E-state index contributed by atoms with van der Waals surface area (Å²) in [5.74, 6) is 0.993. The highest BCUT2D eigenvalue weighted by Crippen LogP contribution is 2.40. The molecule has 2 fully saturated rings. The smallest absolute Gasteiger partial charge is 0.255 e. The second-order valence-corrected chi connectivity index (χ2v) is 16.7. The minimum atomic E-state index is -0.599. The lowest BCUT2D eigenvalue weighted by atomic mass is 9.88. The SMILES string of the molecule is Cc1sc2c(c1C)C(c1ccc(Cl)cc1)=NC(CC(=O)NCCCCN1CCC(c3ccc4c(c3)CN(C3CCC(=O)NC3=O)C4=O)CC1)c1nnc(C)n1-2. The third kappa shape index (κ3) is 7.37. The van der Waals surface area contributed by atoms with Gasteiger partial charge in [0, 0.05) is 46.1 Å². The molecule has 0 bridgehead atoms. The Bertz CT molecular complexity index is 2200. The number of hydrogen-bond donors (Lipinski definition) is 2. The quantitative estimate of drug-likeness (QED) is 0.155. The molecule has 4 aliphatic heterocycles. The molecule has 0 aliphatic carbocycles. The molecule has 2 saturated heterocycles. The van der Waals surface area contributed by atoms with Gasteiger partial charge in [0.25, 0.3) is 5.91 Å². The summed E-state index contributed by atoms with van der Waals surface area (Å²) in [6, 6.07) is 12.7. The number of nitrogens with one attached hydrogen (secondary N) is 2. The van der Waals surface area contributed by atoms with Crippen molar-refractivity contribution in [2.75, 3.05) is 26.2 Å². The molecule has 4 aromatic rings. The molecule has 2 atom stereocenters. The van der Waals surface area contributed by atoms with Crippen molar-refractivity contribution in [3.8, 4) is 5.00 Å². The van der Waals surface area contributed by atoms with Gasteiger partial charge in [-0.3, -0.25) is 34.1 Å². The monoisotopic (exact) mass is 780 g/mol. The second-order valence-electron chi connectivity index (χ2n) is 15.1. The number of amides is 4. The second kappa shape index (κ2) is 15.4. The van der Waals surface area contributed by atoms with Gasteiger partial charge in [0.05, 0.1) is 12.1 Å². The van der Waals surface area contributed by atoms with Crippen molar-refractivity contribution in [1.29, 1.82) is 0 Å². The summed E-state index contributed by atoms with van der Waals surface area (Å²) in [5, 5.41) is 16.1. The Morgan fingerprint density at radius 3 is 2.55 bits per heavy atom. The summed E-state index contributed by atoms with van der Waals surface area (Å²) in [6.45, 7) is 10.1. The van der Waals surface area contributed by atoms with Gasteiger partial charge in [-0.15, -0.1) is 21.5 Å². The van der Waals surface area contributed by atoms with Crippen molar-refractivity contribution >= 4 is 52.3 Å². The average molecular weight is 781 g/mol. The van der Waals surface area contributed by atoms with Crippen molar-refractivity contribution in [3.63, 3.8) is 0 Å². The van der Waals surface area contributed by atoms with Crippen molar-refractivity contribution < 1.29 is 19.2 Å². The van der Waals surface area contributed by atoms with E-state index < -0.39 is 12.1 Å². The molecule has 2 aromatic carbocycles. The summed E-state index contributed by atoms with van der Waals surface area (Å²) in [4.78, 5) is 61.1. The number of fused-ring (bicyclic) bond motifs is 4. The maximum atomic E-state index is 13.4. The third-order valence-corrected chi connectivity index (χ3v) is 13.0. The molecule has 4 amide bonds. The predicted molar refractivity (Wildman–Crippen MR) is 211 cm³/mol. The number of nitrogens with zero attached hydrogens (tertiary/aromatic N) is 6. The molecule has 2 unspecified atom stereocenters. The Hall–Kier alpha value is -4.72. The first-order chi connectivity index (χ1) is 26.5. The van der Waals surface area contributed by atoms with Crippen LogP contribution in [0.4, 0.5) is 0 Å². The van der Waals surface area contributed by atoms with Crippen molar-refractivity contribution in [3.05, 3.63) is 97.4 Å². The molecule has 4 aliphatic rings. The minimum Gasteiger partial charge on any atom is -0.356 e. The van der Waals surface area contributed by atoms with Gasteiger partial charge in [-0.2, -0.15) is 0 Å². The maximum Gasteiger partial charge on any atom is 0.255 e. The molecule has 0 spiro atoms. The first-order valence-corrected chi connectivity index (χ1v) is 20.4. The van der Waals surface area contributed by atoms with E-state index in [1.807, 2.05) is 37.3 Å². The summed E-state index contributed by atoms with van der Waals surface area (Å²) in [5.41, 5.74) is 6.84. The lowest BCUT2D eigenvalue weighted by Crippen LogP contribution is -2.52. The number of piperidine rings is 2. The summed E-state index contributed by atoms with van der Waals surface area (Å²) >= 11 is 7.94. The van der Waals surface area contributed by atoms with Crippen LogP contribution in [0.5, 0.6) is 0 Å². The van der Waals surface area contributed by atoms with Crippen LogP contribution in [0, 0.1) is 20.8 Å². The number of rotatable bonds is 10. The van der Waals surface area contributed by atoms with Crippen molar-refractivity contribution in [2.24, 2.45) is 4.99 Å². The van der Waals surface area contributed by atoms with Crippen LogP contribution in [-0.4, -0.2) is 86.1 Å². The molecular weight excluding hydrogens is 736 g/mol. The van der Waals surface area contributed by atoms with E-state index in [1.165, 1.54) is 10.4 Å². The van der Waals surface area contributed by atoms with E-state index in [1.54, 1.807) is 16.2 Å². The average Bonchev–Trinajstić information content (AvgIpc) is 3.78. The molecule has 0 radical (unpaired) electrons. The normalized spacial score (nSPS) is 20.1. The number of likely N-dealkylation sites (tertiary alicyclic amines) is 1. The number of hydrogen-bond acceptors (Lipinski definition) is 9. The van der Waals surface area contributed by atoms with Crippen LogP contribution >= 0.6 is 22.9 Å². The van der Waals surface area contributed by atoms with Gasteiger partial charge in [-0.25, -0.2) is 0 Å². The largest absolute Gasteiger partial charge is 0.356 e. The lowest BCUT2D eigenvalue weighted by molar-refractivity contribution is -0.137. The Kier molecular flexibility index (Phi) is 10.4. The van der Waals surface area contributed by atoms with E-state index in [4.69, 9.17) is 16.6 Å². The van der Waals surface area contributed by atoms with Gasteiger partial charge in [0.15, 0.2) is 5.82 Å². The van der Waals surface area contributed by atoms with Crippen molar-refractivity contribution in [2.45, 2.75) is 90.3 Å². The Labute approximate surface area is 329 Å². The van der Waals surface area contributed by atoms with Crippen LogP contribution < -0.4 is 10.6 Å². The number of carbonyl (C=O) groups excluding carboxylic acids is 4. The predicted octanol–water partition coefficient (Wildman–Crippen LogP) is 5.73. The topological polar surface area (TPSA) is 142 Å². The van der Waals surface area contributed by atoms with Crippen LogP contribution in [0.3, 0.4) is 0 Å². The van der Waals surface area contributed by atoms with Gasteiger partial charge in [-0.05, 0) is 113 Å². The maximum absolute atomic E-state index is 13.4. The fourth-order valence-electron chi connectivity index (χ4n) is 8.41. The molecule has 2 N–H and O–H groups in total. The fourth-order valence-corrected chi connectivity index (χ4v) is 9.75. The minimum absolute atomic E-state index is 0.0633. The summed E-state index contributed by atoms with van der Waals surface area (Å²) < 4.78 is 2.07. The number of halogens is 1. The zero-order valence-corrected chi connectivity index (χ0v) is 32.9. The Morgan fingerprint density at radius 1 is 1.00 bits per heavy atom. The number of unbranched alkanes of at least 4 members (excludes halogenated alkanes) is 1. The highest BCUT2D eigenvalue weighted by molar-refractivity contribution is 7.15. The van der Waals surface area contributed by atoms with Crippen LogP contribution in [0.1, 0.15) is 112 Å². The highest BCUT2D eigenvalue weighted by Gasteiger charge is 2.39. The standard InChI is InChI=1S/C41H45ClN8O4S/c1-23-24(2)55-41-36(23)37(27-6-9-30(42)10-7-27)44-32(38-47-46-25(3)50(38)41)21-35(52)43-16-4-5-17-48-18-14-26(15-19-48)28-8-11-31-29(20-28)22-49(40(31)54)33-12-13-34(51)45-39(33)53/h6-11,20,26,32-33H,4-5,12-19,21-22H2,1-3H3,(H,43,52)(H,45,51,53). The lowest BCUT2D eigenvalue weighted by Gasteiger charge is -2.32. The number of aliphatic imine (C=N–C) groups is 1. The van der Waals surface area contributed by atoms with E-state index in [0.29, 0.717) is 41.8 Å².